The average molecular weight is 254 g/mol. The van der Waals surface area contributed by atoms with E-state index in [1.54, 1.807) is 6.07 Å². The highest BCUT2D eigenvalue weighted by molar-refractivity contribution is 6.29. The molecule has 1 N–H and O–H groups in total. The lowest BCUT2D eigenvalue weighted by atomic mass is 9.83. The van der Waals surface area contributed by atoms with Crippen molar-refractivity contribution in [2.75, 3.05) is 11.9 Å². The van der Waals surface area contributed by atoms with E-state index in [4.69, 9.17) is 11.6 Å². The average Bonchev–Trinajstić information content (AvgIpc) is 2.27. The van der Waals surface area contributed by atoms with Gasteiger partial charge in [0.05, 0.1) is 0 Å². The van der Waals surface area contributed by atoms with Crippen LogP contribution in [0.15, 0.2) is 6.07 Å². The summed E-state index contributed by atoms with van der Waals surface area (Å²) in [6, 6.07) is 1.79. The second kappa shape index (κ2) is 5.67. The van der Waals surface area contributed by atoms with Gasteiger partial charge in [-0.25, -0.2) is 9.97 Å². The van der Waals surface area contributed by atoms with Crippen molar-refractivity contribution in [1.29, 1.82) is 0 Å². The Morgan fingerprint density at radius 1 is 1.29 bits per heavy atom. The number of rotatable bonds is 3. The van der Waals surface area contributed by atoms with Crippen LogP contribution in [0.25, 0.3) is 0 Å². The number of hydrogen-bond acceptors (Lipinski definition) is 3. The first-order valence-electron chi connectivity index (χ1n) is 6.38. The topological polar surface area (TPSA) is 37.8 Å². The second-order valence-electron chi connectivity index (χ2n) is 5.13. The highest BCUT2D eigenvalue weighted by Gasteiger charge is 2.17. The van der Waals surface area contributed by atoms with Gasteiger partial charge in [-0.2, -0.15) is 0 Å². The van der Waals surface area contributed by atoms with Crippen molar-refractivity contribution in [3.63, 3.8) is 0 Å². The Morgan fingerprint density at radius 3 is 2.65 bits per heavy atom. The number of aromatic nitrogens is 2. The van der Waals surface area contributed by atoms with Gasteiger partial charge < -0.3 is 5.32 Å². The molecule has 1 aromatic rings. The molecule has 4 heteroatoms. The Kier molecular flexibility index (Phi) is 4.21. The minimum absolute atomic E-state index is 0.511. The summed E-state index contributed by atoms with van der Waals surface area (Å²) in [6.07, 6.45) is 5.36. The molecule has 0 aromatic carbocycles. The molecule has 1 fully saturated rings. The van der Waals surface area contributed by atoms with Crippen molar-refractivity contribution in [1.82, 2.24) is 9.97 Å². The van der Waals surface area contributed by atoms with Gasteiger partial charge in [0, 0.05) is 12.6 Å². The Balaban J connectivity index is 1.85. The molecule has 94 valence electrons. The quantitative estimate of drug-likeness (QED) is 0.835. The minimum Gasteiger partial charge on any atom is -0.370 e. The number of aryl methyl sites for hydroxylation is 1. The summed E-state index contributed by atoms with van der Waals surface area (Å²) >= 11 is 5.90. The molecule has 0 bridgehead atoms. The van der Waals surface area contributed by atoms with E-state index < -0.39 is 0 Å². The molecule has 17 heavy (non-hydrogen) atoms. The van der Waals surface area contributed by atoms with Crippen LogP contribution in [-0.4, -0.2) is 16.5 Å². The Bertz CT molecular complexity index is 353. The smallest absolute Gasteiger partial charge is 0.134 e. The molecule has 0 saturated heterocycles. The first-order valence-corrected chi connectivity index (χ1v) is 6.76. The number of nitrogens with one attached hydrogen (secondary N) is 1. The second-order valence-corrected chi connectivity index (χ2v) is 5.52. The molecule has 0 amide bonds. The fourth-order valence-electron chi connectivity index (χ4n) is 2.40. The molecular formula is C13H20ClN3. The molecule has 2 rings (SSSR count). The fourth-order valence-corrected chi connectivity index (χ4v) is 2.63. The molecule has 1 aliphatic carbocycles. The summed E-state index contributed by atoms with van der Waals surface area (Å²) < 4.78 is 0. The number of halogens is 1. The summed E-state index contributed by atoms with van der Waals surface area (Å²) in [5.74, 6) is 3.25. The van der Waals surface area contributed by atoms with Crippen molar-refractivity contribution in [2.45, 2.75) is 39.5 Å². The molecule has 3 nitrogen and oxygen atoms in total. The van der Waals surface area contributed by atoms with Crippen LogP contribution in [-0.2, 0) is 0 Å². The highest BCUT2D eigenvalue weighted by atomic mass is 35.5. The maximum atomic E-state index is 5.90. The summed E-state index contributed by atoms with van der Waals surface area (Å²) in [7, 11) is 0. The molecule has 1 aromatic heterocycles. The Labute approximate surface area is 108 Å². The van der Waals surface area contributed by atoms with Crippen LogP contribution in [0.5, 0.6) is 0 Å². The van der Waals surface area contributed by atoms with Crippen LogP contribution in [0, 0.1) is 18.8 Å². The zero-order chi connectivity index (χ0) is 12.3. The molecule has 0 radical (unpaired) electrons. The SMILES string of the molecule is Cc1nc(Cl)cc(NCC2CCC(C)CC2)n1. The lowest BCUT2D eigenvalue weighted by Crippen LogP contribution is -2.20. The molecule has 1 heterocycles. The first kappa shape index (κ1) is 12.6. The van der Waals surface area contributed by atoms with Crippen LogP contribution in [0.2, 0.25) is 5.15 Å². The van der Waals surface area contributed by atoms with Gasteiger partial charge in [-0.1, -0.05) is 31.4 Å². The van der Waals surface area contributed by atoms with E-state index >= 15 is 0 Å². The van der Waals surface area contributed by atoms with E-state index in [1.165, 1.54) is 25.7 Å². The van der Waals surface area contributed by atoms with E-state index in [1.807, 2.05) is 6.92 Å². The van der Waals surface area contributed by atoms with Crippen molar-refractivity contribution in [3.8, 4) is 0 Å². The van der Waals surface area contributed by atoms with E-state index in [2.05, 4.69) is 22.2 Å². The number of nitrogens with zero attached hydrogens (tertiary/aromatic N) is 2. The van der Waals surface area contributed by atoms with Gasteiger partial charge in [-0.05, 0) is 31.6 Å². The third kappa shape index (κ3) is 3.84. The van der Waals surface area contributed by atoms with E-state index in [9.17, 15) is 0 Å². The third-order valence-electron chi connectivity index (χ3n) is 3.51. The maximum Gasteiger partial charge on any atom is 0.134 e. The lowest BCUT2D eigenvalue weighted by molar-refractivity contribution is 0.300. The van der Waals surface area contributed by atoms with Gasteiger partial charge in [0.2, 0.25) is 0 Å². The van der Waals surface area contributed by atoms with E-state index in [-0.39, 0.29) is 0 Å². The minimum atomic E-state index is 0.511. The zero-order valence-corrected chi connectivity index (χ0v) is 11.3. The van der Waals surface area contributed by atoms with Crippen LogP contribution in [0.3, 0.4) is 0 Å². The van der Waals surface area contributed by atoms with Crippen LogP contribution >= 0.6 is 11.6 Å². The predicted octanol–water partition coefficient (Wildman–Crippen LogP) is 3.68. The van der Waals surface area contributed by atoms with Gasteiger partial charge in [0.1, 0.15) is 16.8 Å². The largest absolute Gasteiger partial charge is 0.370 e. The van der Waals surface area contributed by atoms with Gasteiger partial charge in [-0.3, -0.25) is 0 Å². The summed E-state index contributed by atoms with van der Waals surface area (Å²) in [5, 5.41) is 3.89. The van der Waals surface area contributed by atoms with Crippen molar-refractivity contribution < 1.29 is 0 Å². The summed E-state index contributed by atoms with van der Waals surface area (Å²) in [6.45, 7) is 5.20. The Hall–Kier alpha value is -0.830. The normalized spacial score (nSPS) is 24.6. The zero-order valence-electron chi connectivity index (χ0n) is 10.5. The van der Waals surface area contributed by atoms with Gasteiger partial charge >= 0.3 is 0 Å². The van der Waals surface area contributed by atoms with Crippen molar-refractivity contribution in [2.24, 2.45) is 11.8 Å². The highest BCUT2D eigenvalue weighted by Crippen LogP contribution is 2.28. The summed E-state index contributed by atoms with van der Waals surface area (Å²) in [5.41, 5.74) is 0. The third-order valence-corrected chi connectivity index (χ3v) is 3.71. The molecule has 0 unspecified atom stereocenters. The number of hydrogen-bond donors (Lipinski definition) is 1. The fraction of sp³-hybridized carbons (Fsp3) is 0.692. The molecule has 0 aliphatic heterocycles. The van der Waals surface area contributed by atoms with Crippen molar-refractivity contribution >= 4 is 17.4 Å². The van der Waals surface area contributed by atoms with E-state index in [0.29, 0.717) is 5.15 Å². The molecule has 0 spiro atoms. The molecular weight excluding hydrogens is 234 g/mol. The standard InChI is InChI=1S/C13H20ClN3/c1-9-3-5-11(6-4-9)8-15-13-7-12(14)16-10(2)17-13/h7,9,11H,3-6,8H2,1-2H3,(H,15,16,17). The lowest BCUT2D eigenvalue weighted by Gasteiger charge is -2.26. The van der Waals surface area contributed by atoms with Gasteiger partial charge in [0.25, 0.3) is 0 Å². The maximum absolute atomic E-state index is 5.90. The predicted molar refractivity (Wildman–Crippen MR) is 71.4 cm³/mol. The van der Waals surface area contributed by atoms with Crippen LogP contribution in [0.1, 0.15) is 38.4 Å². The van der Waals surface area contributed by atoms with Gasteiger partial charge in [-0.15, -0.1) is 0 Å². The first-order chi connectivity index (χ1) is 8.13. The monoisotopic (exact) mass is 253 g/mol. The molecule has 1 saturated carbocycles. The molecule has 0 atom stereocenters. The van der Waals surface area contributed by atoms with E-state index in [0.717, 1.165) is 30.0 Å². The molecule has 1 aliphatic rings. The Morgan fingerprint density at radius 2 is 2.00 bits per heavy atom. The van der Waals surface area contributed by atoms with Gasteiger partial charge in [0.15, 0.2) is 0 Å². The van der Waals surface area contributed by atoms with Crippen LogP contribution in [0.4, 0.5) is 5.82 Å². The van der Waals surface area contributed by atoms with Crippen LogP contribution < -0.4 is 5.32 Å². The summed E-state index contributed by atoms with van der Waals surface area (Å²) in [4.78, 5) is 8.38. The number of anilines is 1. The van der Waals surface area contributed by atoms with Crippen molar-refractivity contribution in [3.05, 3.63) is 17.0 Å².